The Kier molecular flexibility index (Phi) is 5.01. The molecule has 0 bridgehead atoms. The van der Waals surface area contributed by atoms with Gasteiger partial charge in [-0.1, -0.05) is 19.1 Å². The number of carbonyl (C=O) groups excluding carboxylic acids is 1. The van der Waals surface area contributed by atoms with E-state index in [-0.39, 0.29) is 12.5 Å². The molecule has 0 aliphatic rings. The standard InChI is InChI=1S/C14H17F2NO/c1-4-5-10(2)14(18)17(3)9-11-6-7-12(15)13(16)8-11/h5-8H,4,9H2,1-3H3. The first-order chi connectivity index (χ1) is 8.45. The number of nitrogens with zero attached hydrogens (tertiary/aromatic N) is 1. The first-order valence-electron chi connectivity index (χ1n) is 5.81. The third kappa shape index (κ3) is 3.65. The van der Waals surface area contributed by atoms with Crippen molar-refractivity contribution in [2.45, 2.75) is 26.8 Å². The minimum Gasteiger partial charge on any atom is -0.338 e. The molecule has 0 saturated carbocycles. The molecule has 98 valence electrons. The summed E-state index contributed by atoms with van der Waals surface area (Å²) in [4.78, 5) is 13.4. The van der Waals surface area contributed by atoms with Gasteiger partial charge in [-0.2, -0.15) is 0 Å². The van der Waals surface area contributed by atoms with Crippen molar-refractivity contribution in [1.82, 2.24) is 4.90 Å². The third-order valence-corrected chi connectivity index (χ3v) is 2.60. The van der Waals surface area contributed by atoms with Gasteiger partial charge in [0.15, 0.2) is 11.6 Å². The van der Waals surface area contributed by atoms with E-state index in [1.165, 1.54) is 11.0 Å². The molecule has 0 saturated heterocycles. The maximum absolute atomic E-state index is 13.0. The average Bonchev–Trinajstić information content (AvgIpc) is 2.33. The van der Waals surface area contributed by atoms with Gasteiger partial charge < -0.3 is 4.90 Å². The molecule has 0 heterocycles. The third-order valence-electron chi connectivity index (χ3n) is 2.60. The fourth-order valence-corrected chi connectivity index (χ4v) is 1.68. The Hall–Kier alpha value is -1.71. The summed E-state index contributed by atoms with van der Waals surface area (Å²) in [5.41, 5.74) is 1.22. The van der Waals surface area contributed by atoms with Gasteiger partial charge in [-0.05, 0) is 31.0 Å². The van der Waals surface area contributed by atoms with Crippen molar-refractivity contribution in [2.75, 3.05) is 7.05 Å². The molecule has 2 nitrogen and oxygen atoms in total. The van der Waals surface area contributed by atoms with Crippen LogP contribution < -0.4 is 0 Å². The molecule has 0 N–H and O–H groups in total. The van der Waals surface area contributed by atoms with Gasteiger partial charge in [-0.3, -0.25) is 4.79 Å². The lowest BCUT2D eigenvalue weighted by Crippen LogP contribution is -2.26. The van der Waals surface area contributed by atoms with Gasteiger partial charge in [-0.25, -0.2) is 8.78 Å². The second kappa shape index (κ2) is 6.28. The number of amides is 1. The molecule has 1 amide bonds. The Labute approximate surface area is 106 Å². The lowest BCUT2D eigenvalue weighted by Gasteiger charge is -2.17. The summed E-state index contributed by atoms with van der Waals surface area (Å²) in [6.45, 7) is 3.95. The quantitative estimate of drug-likeness (QED) is 0.754. The Morgan fingerprint density at radius 1 is 1.33 bits per heavy atom. The van der Waals surface area contributed by atoms with Gasteiger partial charge in [0, 0.05) is 19.2 Å². The molecule has 4 heteroatoms. The van der Waals surface area contributed by atoms with E-state index in [1.54, 1.807) is 14.0 Å². The minimum absolute atomic E-state index is 0.110. The molecular weight excluding hydrogens is 236 g/mol. The van der Waals surface area contributed by atoms with Gasteiger partial charge in [0.25, 0.3) is 0 Å². The van der Waals surface area contributed by atoms with Crippen molar-refractivity contribution in [3.8, 4) is 0 Å². The topological polar surface area (TPSA) is 20.3 Å². The number of rotatable bonds is 4. The predicted molar refractivity (Wildman–Crippen MR) is 66.9 cm³/mol. The average molecular weight is 253 g/mol. The zero-order chi connectivity index (χ0) is 13.7. The molecule has 1 rings (SSSR count). The summed E-state index contributed by atoms with van der Waals surface area (Å²) in [6, 6.07) is 3.65. The van der Waals surface area contributed by atoms with Crippen molar-refractivity contribution < 1.29 is 13.6 Å². The molecule has 0 aromatic heterocycles. The molecule has 0 aliphatic heterocycles. The van der Waals surface area contributed by atoms with Gasteiger partial charge in [0.1, 0.15) is 0 Å². The monoisotopic (exact) mass is 253 g/mol. The van der Waals surface area contributed by atoms with E-state index < -0.39 is 11.6 Å². The summed E-state index contributed by atoms with van der Waals surface area (Å²) in [5.74, 6) is -1.88. The van der Waals surface area contributed by atoms with Crippen LogP contribution in [0.5, 0.6) is 0 Å². The number of carbonyl (C=O) groups is 1. The molecule has 18 heavy (non-hydrogen) atoms. The first-order valence-corrected chi connectivity index (χ1v) is 5.81. The Morgan fingerprint density at radius 2 is 2.00 bits per heavy atom. The zero-order valence-corrected chi connectivity index (χ0v) is 10.8. The maximum Gasteiger partial charge on any atom is 0.249 e. The van der Waals surface area contributed by atoms with E-state index in [0.717, 1.165) is 18.6 Å². The lowest BCUT2D eigenvalue weighted by molar-refractivity contribution is -0.126. The normalized spacial score (nSPS) is 11.5. The highest BCUT2D eigenvalue weighted by Gasteiger charge is 2.12. The van der Waals surface area contributed by atoms with Crippen LogP contribution in [0.2, 0.25) is 0 Å². The van der Waals surface area contributed by atoms with Crippen LogP contribution >= 0.6 is 0 Å². The van der Waals surface area contributed by atoms with Crippen molar-refractivity contribution in [3.63, 3.8) is 0 Å². The van der Waals surface area contributed by atoms with Crippen LogP contribution in [0.4, 0.5) is 8.78 Å². The number of allylic oxidation sites excluding steroid dienone is 1. The molecule has 0 spiro atoms. The SMILES string of the molecule is CCC=C(C)C(=O)N(C)Cc1ccc(F)c(F)c1. The van der Waals surface area contributed by atoms with Crippen LogP contribution in [0.1, 0.15) is 25.8 Å². The maximum atomic E-state index is 13.0. The van der Waals surface area contributed by atoms with Crippen molar-refractivity contribution in [1.29, 1.82) is 0 Å². The van der Waals surface area contributed by atoms with E-state index in [0.29, 0.717) is 11.1 Å². The molecule has 1 aromatic carbocycles. The number of hydrogen-bond acceptors (Lipinski definition) is 1. The van der Waals surface area contributed by atoms with Crippen molar-refractivity contribution in [2.24, 2.45) is 0 Å². The fourth-order valence-electron chi connectivity index (χ4n) is 1.68. The Morgan fingerprint density at radius 3 is 2.56 bits per heavy atom. The summed E-state index contributed by atoms with van der Waals surface area (Å²) >= 11 is 0. The Balaban J connectivity index is 2.75. The van der Waals surface area contributed by atoms with Crippen LogP contribution in [0, 0.1) is 11.6 Å². The van der Waals surface area contributed by atoms with Gasteiger partial charge in [0.05, 0.1) is 0 Å². The molecule has 0 fully saturated rings. The smallest absolute Gasteiger partial charge is 0.249 e. The summed E-state index contributed by atoms with van der Waals surface area (Å²) in [6.07, 6.45) is 2.63. The minimum atomic E-state index is -0.894. The highest BCUT2D eigenvalue weighted by Crippen LogP contribution is 2.11. The summed E-state index contributed by atoms with van der Waals surface area (Å²) < 4.78 is 25.8. The number of benzene rings is 1. The van der Waals surface area contributed by atoms with Crippen molar-refractivity contribution >= 4 is 5.91 Å². The molecule has 0 radical (unpaired) electrons. The second-order valence-electron chi connectivity index (χ2n) is 4.21. The molecule has 1 aromatic rings. The van der Waals surface area contributed by atoms with Crippen LogP contribution in [0.25, 0.3) is 0 Å². The van der Waals surface area contributed by atoms with Crippen LogP contribution in [0.3, 0.4) is 0 Å². The number of hydrogen-bond donors (Lipinski definition) is 0. The van der Waals surface area contributed by atoms with Gasteiger partial charge in [0.2, 0.25) is 5.91 Å². The molecule has 0 aliphatic carbocycles. The highest BCUT2D eigenvalue weighted by atomic mass is 19.2. The van der Waals surface area contributed by atoms with Gasteiger partial charge >= 0.3 is 0 Å². The molecule has 0 unspecified atom stereocenters. The van der Waals surface area contributed by atoms with E-state index in [9.17, 15) is 13.6 Å². The highest BCUT2D eigenvalue weighted by molar-refractivity contribution is 5.92. The predicted octanol–water partition coefficient (Wildman–Crippen LogP) is 3.28. The number of likely N-dealkylation sites (N-methyl/N-ethyl adjacent to an activating group) is 1. The van der Waals surface area contributed by atoms with Crippen LogP contribution in [-0.2, 0) is 11.3 Å². The fraction of sp³-hybridized carbons (Fsp3) is 0.357. The zero-order valence-electron chi connectivity index (χ0n) is 10.8. The molecule has 0 atom stereocenters. The first kappa shape index (κ1) is 14.4. The largest absolute Gasteiger partial charge is 0.338 e. The second-order valence-corrected chi connectivity index (χ2v) is 4.21. The number of halogens is 2. The molecular formula is C14H17F2NO. The van der Waals surface area contributed by atoms with Crippen LogP contribution in [0.15, 0.2) is 29.8 Å². The van der Waals surface area contributed by atoms with Gasteiger partial charge in [-0.15, -0.1) is 0 Å². The Bertz CT molecular complexity index is 469. The lowest BCUT2D eigenvalue weighted by atomic mass is 10.1. The summed E-state index contributed by atoms with van der Waals surface area (Å²) in [7, 11) is 1.64. The van der Waals surface area contributed by atoms with E-state index in [1.807, 2.05) is 13.0 Å². The van der Waals surface area contributed by atoms with E-state index in [2.05, 4.69) is 0 Å². The summed E-state index contributed by atoms with van der Waals surface area (Å²) in [5, 5.41) is 0. The van der Waals surface area contributed by atoms with Crippen molar-refractivity contribution in [3.05, 3.63) is 47.0 Å². The van der Waals surface area contributed by atoms with E-state index in [4.69, 9.17) is 0 Å². The van der Waals surface area contributed by atoms with E-state index >= 15 is 0 Å². The van der Waals surface area contributed by atoms with Crippen LogP contribution in [-0.4, -0.2) is 17.9 Å².